The Morgan fingerprint density at radius 2 is 1.82 bits per heavy atom. The number of hydrogen-bond acceptors (Lipinski definition) is 4. The first-order valence-corrected chi connectivity index (χ1v) is 11.0. The normalized spacial score (nSPS) is 15.4. The fourth-order valence-electron chi connectivity index (χ4n) is 3.59. The molecule has 0 aromatic heterocycles. The number of likely N-dealkylation sites (tertiary alicyclic amines) is 1. The molecule has 1 amide bonds. The fraction of sp³-hybridized carbons (Fsp3) is 0.696. The van der Waals surface area contributed by atoms with E-state index in [1.54, 1.807) is 13.2 Å². The highest BCUT2D eigenvalue weighted by Crippen LogP contribution is 2.28. The van der Waals surface area contributed by atoms with Crippen LogP contribution in [0.1, 0.15) is 75.6 Å². The SMILES string of the molecule is CCCCCCOc1ccc(C(=O)NC2CCN(CCCC)CC2)cc1OC. The number of amides is 1. The number of hydrogen-bond donors (Lipinski definition) is 1. The van der Waals surface area contributed by atoms with Gasteiger partial charge in [-0.15, -0.1) is 0 Å². The van der Waals surface area contributed by atoms with Gasteiger partial charge in [-0.05, 0) is 50.4 Å². The topological polar surface area (TPSA) is 50.8 Å². The number of nitrogens with zero attached hydrogens (tertiary/aromatic N) is 1. The van der Waals surface area contributed by atoms with E-state index in [1.807, 2.05) is 12.1 Å². The van der Waals surface area contributed by atoms with E-state index < -0.39 is 0 Å². The Bertz CT molecular complexity index is 583. The van der Waals surface area contributed by atoms with E-state index in [0.29, 0.717) is 23.7 Å². The van der Waals surface area contributed by atoms with Gasteiger partial charge in [-0.1, -0.05) is 39.5 Å². The zero-order valence-corrected chi connectivity index (χ0v) is 18.0. The second-order valence-corrected chi connectivity index (χ2v) is 7.72. The van der Waals surface area contributed by atoms with Gasteiger partial charge in [0.05, 0.1) is 13.7 Å². The standard InChI is InChI=1S/C23H38N2O3/c1-4-6-8-9-17-28-21-11-10-19(18-22(21)27-3)23(26)24-20-12-15-25(16-13-20)14-7-5-2/h10-11,18,20H,4-9,12-17H2,1-3H3,(H,24,26). The molecule has 1 aliphatic heterocycles. The molecule has 1 saturated heterocycles. The molecule has 1 heterocycles. The van der Waals surface area contributed by atoms with Crippen LogP contribution in [0.2, 0.25) is 0 Å². The average Bonchev–Trinajstić information content (AvgIpc) is 2.73. The highest BCUT2D eigenvalue weighted by molar-refractivity contribution is 5.95. The Kier molecular flexibility index (Phi) is 10.2. The van der Waals surface area contributed by atoms with Gasteiger partial charge in [-0.25, -0.2) is 0 Å². The Morgan fingerprint density at radius 3 is 2.50 bits per heavy atom. The molecule has 0 bridgehead atoms. The molecular weight excluding hydrogens is 352 g/mol. The van der Waals surface area contributed by atoms with Crippen molar-refractivity contribution in [3.63, 3.8) is 0 Å². The minimum Gasteiger partial charge on any atom is -0.493 e. The number of carbonyl (C=O) groups excluding carboxylic acids is 1. The van der Waals surface area contributed by atoms with E-state index >= 15 is 0 Å². The molecule has 0 radical (unpaired) electrons. The summed E-state index contributed by atoms with van der Waals surface area (Å²) in [6, 6.07) is 5.72. The molecule has 28 heavy (non-hydrogen) atoms. The summed E-state index contributed by atoms with van der Waals surface area (Å²) in [5.41, 5.74) is 0.628. The lowest BCUT2D eigenvalue weighted by Crippen LogP contribution is -2.44. The third kappa shape index (κ3) is 7.34. The van der Waals surface area contributed by atoms with Crippen LogP contribution in [0.25, 0.3) is 0 Å². The first-order valence-electron chi connectivity index (χ1n) is 11.0. The van der Waals surface area contributed by atoms with Crippen molar-refractivity contribution in [2.24, 2.45) is 0 Å². The van der Waals surface area contributed by atoms with Crippen LogP contribution in [0.3, 0.4) is 0 Å². The van der Waals surface area contributed by atoms with Gasteiger partial charge in [-0.2, -0.15) is 0 Å². The molecule has 1 aromatic rings. The quantitative estimate of drug-likeness (QED) is 0.528. The van der Waals surface area contributed by atoms with Crippen molar-refractivity contribution in [2.75, 3.05) is 33.4 Å². The van der Waals surface area contributed by atoms with Crippen molar-refractivity contribution in [3.05, 3.63) is 23.8 Å². The molecule has 0 spiro atoms. The Hall–Kier alpha value is -1.75. The lowest BCUT2D eigenvalue weighted by atomic mass is 10.0. The fourth-order valence-corrected chi connectivity index (χ4v) is 3.59. The molecule has 158 valence electrons. The maximum atomic E-state index is 12.7. The average molecular weight is 391 g/mol. The number of benzene rings is 1. The van der Waals surface area contributed by atoms with Gasteiger partial charge in [0.15, 0.2) is 11.5 Å². The molecule has 5 nitrogen and oxygen atoms in total. The minimum absolute atomic E-state index is 0.0280. The summed E-state index contributed by atoms with van der Waals surface area (Å²) in [7, 11) is 1.62. The lowest BCUT2D eigenvalue weighted by molar-refractivity contribution is 0.0910. The largest absolute Gasteiger partial charge is 0.493 e. The Morgan fingerprint density at radius 1 is 1.07 bits per heavy atom. The molecule has 5 heteroatoms. The van der Waals surface area contributed by atoms with Crippen LogP contribution in [-0.4, -0.2) is 50.2 Å². The van der Waals surface area contributed by atoms with Crippen molar-refractivity contribution in [1.82, 2.24) is 10.2 Å². The highest BCUT2D eigenvalue weighted by Gasteiger charge is 2.21. The molecule has 1 aliphatic rings. The molecule has 1 aromatic carbocycles. The number of nitrogens with one attached hydrogen (secondary N) is 1. The molecule has 1 N–H and O–H groups in total. The van der Waals surface area contributed by atoms with E-state index in [-0.39, 0.29) is 11.9 Å². The molecule has 0 saturated carbocycles. The van der Waals surface area contributed by atoms with Crippen LogP contribution < -0.4 is 14.8 Å². The van der Waals surface area contributed by atoms with Crippen LogP contribution in [0.15, 0.2) is 18.2 Å². The smallest absolute Gasteiger partial charge is 0.251 e. The number of carbonyl (C=O) groups is 1. The second kappa shape index (κ2) is 12.7. The summed E-state index contributed by atoms with van der Waals surface area (Å²) in [6.07, 6.45) is 9.19. The number of methoxy groups -OCH3 is 1. The second-order valence-electron chi connectivity index (χ2n) is 7.72. The van der Waals surface area contributed by atoms with Crippen LogP contribution in [0.4, 0.5) is 0 Å². The Labute approximate surface area is 170 Å². The first kappa shape index (κ1) is 22.5. The van der Waals surface area contributed by atoms with E-state index in [9.17, 15) is 4.79 Å². The van der Waals surface area contributed by atoms with Crippen molar-refractivity contribution >= 4 is 5.91 Å². The monoisotopic (exact) mass is 390 g/mol. The number of unbranched alkanes of at least 4 members (excludes halogenated alkanes) is 4. The van der Waals surface area contributed by atoms with Crippen LogP contribution in [0, 0.1) is 0 Å². The maximum Gasteiger partial charge on any atom is 0.251 e. The molecule has 0 aliphatic carbocycles. The third-order valence-electron chi connectivity index (χ3n) is 5.43. The van der Waals surface area contributed by atoms with E-state index in [1.165, 1.54) is 38.6 Å². The lowest BCUT2D eigenvalue weighted by Gasteiger charge is -2.32. The Balaban J connectivity index is 1.83. The van der Waals surface area contributed by atoms with E-state index in [0.717, 1.165) is 32.4 Å². The summed E-state index contributed by atoms with van der Waals surface area (Å²) in [4.78, 5) is 15.2. The number of piperidine rings is 1. The van der Waals surface area contributed by atoms with Gasteiger partial charge in [0, 0.05) is 24.7 Å². The molecule has 1 fully saturated rings. The van der Waals surface area contributed by atoms with Crippen LogP contribution in [0.5, 0.6) is 11.5 Å². The summed E-state index contributed by atoms with van der Waals surface area (Å²) in [5, 5.41) is 3.19. The maximum absolute atomic E-state index is 12.7. The zero-order valence-electron chi connectivity index (χ0n) is 18.0. The van der Waals surface area contributed by atoms with E-state index in [4.69, 9.17) is 9.47 Å². The van der Waals surface area contributed by atoms with Crippen molar-refractivity contribution in [1.29, 1.82) is 0 Å². The summed E-state index contributed by atoms with van der Waals surface area (Å²) < 4.78 is 11.3. The molecule has 2 rings (SSSR count). The van der Waals surface area contributed by atoms with Crippen LogP contribution in [-0.2, 0) is 0 Å². The summed E-state index contributed by atoms with van der Waals surface area (Å²) in [5.74, 6) is 1.30. The van der Waals surface area contributed by atoms with Crippen molar-refractivity contribution in [2.45, 2.75) is 71.3 Å². The van der Waals surface area contributed by atoms with Gasteiger partial charge in [-0.3, -0.25) is 4.79 Å². The molecule has 0 atom stereocenters. The number of ether oxygens (including phenoxy) is 2. The van der Waals surface area contributed by atoms with Gasteiger partial charge < -0.3 is 19.7 Å². The van der Waals surface area contributed by atoms with Gasteiger partial charge in [0.2, 0.25) is 0 Å². The van der Waals surface area contributed by atoms with Crippen molar-refractivity contribution in [3.8, 4) is 11.5 Å². The minimum atomic E-state index is -0.0280. The van der Waals surface area contributed by atoms with E-state index in [2.05, 4.69) is 24.1 Å². The summed E-state index contributed by atoms with van der Waals surface area (Å²) >= 11 is 0. The van der Waals surface area contributed by atoms with Crippen LogP contribution >= 0.6 is 0 Å². The van der Waals surface area contributed by atoms with Gasteiger partial charge in [0.1, 0.15) is 0 Å². The number of rotatable bonds is 12. The summed E-state index contributed by atoms with van der Waals surface area (Å²) in [6.45, 7) is 8.42. The van der Waals surface area contributed by atoms with Gasteiger partial charge >= 0.3 is 0 Å². The molecular formula is C23H38N2O3. The molecule has 0 unspecified atom stereocenters. The highest BCUT2D eigenvalue weighted by atomic mass is 16.5. The predicted molar refractivity (Wildman–Crippen MR) is 114 cm³/mol. The predicted octanol–water partition coefficient (Wildman–Crippen LogP) is 4.65. The first-order chi connectivity index (χ1) is 13.7. The van der Waals surface area contributed by atoms with Crippen molar-refractivity contribution < 1.29 is 14.3 Å². The third-order valence-corrected chi connectivity index (χ3v) is 5.43. The zero-order chi connectivity index (χ0) is 20.2. The van der Waals surface area contributed by atoms with Gasteiger partial charge in [0.25, 0.3) is 5.91 Å².